The van der Waals surface area contributed by atoms with Crippen molar-refractivity contribution in [3.8, 4) is 0 Å². The summed E-state index contributed by atoms with van der Waals surface area (Å²) in [6, 6.07) is 2.01. The fourth-order valence-electron chi connectivity index (χ4n) is 1.75. The van der Waals surface area contributed by atoms with Crippen LogP contribution in [0.25, 0.3) is 0 Å². The molecule has 1 aliphatic rings. The Morgan fingerprint density at radius 3 is 2.73 bits per heavy atom. The molecule has 1 aromatic rings. The van der Waals surface area contributed by atoms with Gasteiger partial charge in [0.1, 0.15) is 0 Å². The van der Waals surface area contributed by atoms with Gasteiger partial charge in [0, 0.05) is 23.1 Å². The Labute approximate surface area is 90.9 Å². The number of rotatable bonds is 0. The minimum absolute atomic E-state index is 0.0144. The van der Waals surface area contributed by atoms with Crippen molar-refractivity contribution in [1.29, 1.82) is 4.78 Å². The Bertz CT molecular complexity index is 498. The van der Waals surface area contributed by atoms with E-state index in [4.69, 9.17) is 4.78 Å². The number of aryl methyl sites for hydroxylation is 1. The first kappa shape index (κ1) is 10.6. The van der Waals surface area contributed by atoms with Crippen LogP contribution in [-0.2, 0) is 21.6 Å². The summed E-state index contributed by atoms with van der Waals surface area (Å²) in [6.07, 6.45) is 2.39. The first-order valence-electron chi connectivity index (χ1n) is 5.06. The highest BCUT2D eigenvalue weighted by Crippen LogP contribution is 2.29. The van der Waals surface area contributed by atoms with E-state index in [0.717, 1.165) is 17.7 Å². The molecule has 1 aliphatic heterocycles. The molecule has 0 unspecified atom stereocenters. The maximum absolute atomic E-state index is 11.8. The highest BCUT2D eigenvalue weighted by Gasteiger charge is 2.25. The molecule has 1 aromatic heterocycles. The number of hydrogen-bond donors (Lipinski definition) is 1. The van der Waals surface area contributed by atoms with E-state index >= 15 is 0 Å². The van der Waals surface area contributed by atoms with Gasteiger partial charge in [0.05, 0.1) is 14.6 Å². The highest BCUT2D eigenvalue weighted by atomic mass is 32.2. The third kappa shape index (κ3) is 1.78. The summed E-state index contributed by atoms with van der Waals surface area (Å²) in [5.74, 6) is 0.456. The quantitative estimate of drug-likeness (QED) is 0.735. The van der Waals surface area contributed by atoms with Crippen molar-refractivity contribution in [3.63, 3.8) is 0 Å². The molecular formula is C11H16N2OS. The molecule has 0 spiro atoms. The summed E-state index contributed by atoms with van der Waals surface area (Å²) >= 11 is 0. The molecule has 0 aromatic carbocycles. The molecule has 3 nitrogen and oxygen atoms in total. The van der Waals surface area contributed by atoms with Crippen molar-refractivity contribution < 1.29 is 4.21 Å². The van der Waals surface area contributed by atoms with Crippen LogP contribution in [0.4, 0.5) is 0 Å². The molecule has 0 bridgehead atoms. The van der Waals surface area contributed by atoms with E-state index in [0.29, 0.717) is 10.6 Å². The van der Waals surface area contributed by atoms with Gasteiger partial charge in [0.2, 0.25) is 0 Å². The lowest BCUT2D eigenvalue weighted by Crippen LogP contribution is -2.14. The molecule has 82 valence electrons. The number of nitrogens with zero attached hydrogens (tertiary/aromatic N) is 1. The minimum Gasteiger partial charge on any atom is -0.259 e. The van der Waals surface area contributed by atoms with Crippen LogP contribution < -0.4 is 0 Å². The second-order valence-corrected chi connectivity index (χ2v) is 7.26. The first-order valence-corrected chi connectivity index (χ1v) is 6.79. The number of nitrogens with one attached hydrogen (secondary N) is 1. The molecule has 0 saturated heterocycles. The van der Waals surface area contributed by atoms with Gasteiger partial charge < -0.3 is 0 Å². The summed E-state index contributed by atoms with van der Waals surface area (Å²) in [5, 5.41) is 0. The van der Waals surface area contributed by atoms with Crippen molar-refractivity contribution in [1.82, 2.24) is 4.98 Å². The lowest BCUT2D eigenvalue weighted by molar-refractivity contribution is 0.566. The van der Waals surface area contributed by atoms with E-state index < -0.39 is 9.73 Å². The van der Waals surface area contributed by atoms with E-state index in [2.05, 4.69) is 25.8 Å². The second-order valence-electron chi connectivity index (χ2n) is 5.06. The van der Waals surface area contributed by atoms with Gasteiger partial charge in [-0.1, -0.05) is 20.8 Å². The molecule has 15 heavy (non-hydrogen) atoms. The van der Waals surface area contributed by atoms with E-state index in [1.54, 1.807) is 6.20 Å². The molecule has 0 aliphatic carbocycles. The van der Waals surface area contributed by atoms with Gasteiger partial charge in [-0.05, 0) is 18.1 Å². The van der Waals surface area contributed by atoms with Gasteiger partial charge in [-0.3, -0.25) is 4.98 Å². The Morgan fingerprint density at radius 2 is 2.13 bits per heavy atom. The predicted molar refractivity (Wildman–Crippen MR) is 60.6 cm³/mol. The van der Waals surface area contributed by atoms with Crippen LogP contribution in [0.5, 0.6) is 0 Å². The number of pyridine rings is 1. The van der Waals surface area contributed by atoms with Crippen LogP contribution >= 0.6 is 0 Å². The van der Waals surface area contributed by atoms with Crippen molar-refractivity contribution >= 4 is 9.73 Å². The zero-order valence-electron chi connectivity index (χ0n) is 9.33. The number of fused-ring (bicyclic) bond motifs is 1. The normalized spacial score (nSPS) is 25.3. The molecular weight excluding hydrogens is 208 g/mol. The van der Waals surface area contributed by atoms with Gasteiger partial charge in [-0.2, -0.15) is 0 Å². The molecule has 0 amide bonds. The lowest BCUT2D eigenvalue weighted by atomic mass is 9.90. The summed E-state index contributed by atoms with van der Waals surface area (Å²) in [7, 11) is -2.53. The van der Waals surface area contributed by atoms with E-state index in [1.165, 1.54) is 0 Å². The zero-order chi connectivity index (χ0) is 11.3. The molecule has 2 heterocycles. The molecule has 2 rings (SSSR count). The van der Waals surface area contributed by atoms with Crippen LogP contribution in [-0.4, -0.2) is 14.9 Å². The maximum Gasteiger partial charge on any atom is 0.0747 e. The Balaban J connectivity index is 2.56. The van der Waals surface area contributed by atoms with E-state index in [-0.39, 0.29) is 5.41 Å². The van der Waals surface area contributed by atoms with Crippen LogP contribution in [0.15, 0.2) is 17.2 Å². The fraction of sp³-hybridized carbons (Fsp3) is 0.545. The fourth-order valence-corrected chi connectivity index (χ4v) is 3.29. The smallest absolute Gasteiger partial charge is 0.0747 e. The van der Waals surface area contributed by atoms with E-state index in [1.807, 2.05) is 6.07 Å². The standard InChI is InChI=1S/C11H16N2OS/c1-11(2,3)10-6-8-4-5-15(12,14)9(8)7-13-10/h6-7,12H,4-5H2,1-3H3/t15-/m1/s1. The van der Waals surface area contributed by atoms with Crippen molar-refractivity contribution in [2.24, 2.45) is 0 Å². The molecule has 0 fully saturated rings. The zero-order valence-corrected chi connectivity index (χ0v) is 10.1. The van der Waals surface area contributed by atoms with Crippen molar-refractivity contribution in [3.05, 3.63) is 23.5 Å². The van der Waals surface area contributed by atoms with Gasteiger partial charge >= 0.3 is 0 Å². The molecule has 0 radical (unpaired) electrons. The van der Waals surface area contributed by atoms with Crippen molar-refractivity contribution in [2.45, 2.75) is 37.5 Å². The van der Waals surface area contributed by atoms with Gasteiger partial charge in [-0.25, -0.2) is 8.99 Å². The van der Waals surface area contributed by atoms with Crippen LogP contribution in [0, 0.1) is 4.78 Å². The SMILES string of the molecule is CC(C)(C)c1cc2c(cn1)[S@](=N)(=O)CC2. The molecule has 4 heteroatoms. The lowest BCUT2D eigenvalue weighted by Gasteiger charge is -2.18. The maximum atomic E-state index is 11.8. The summed E-state index contributed by atoms with van der Waals surface area (Å²) in [6.45, 7) is 6.32. The van der Waals surface area contributed by atoms with Crippen LogP contribution in [0.3, 0.4) is 0 Å². The average molecular weight is 224 g/mol. The summed E-state index contributed by atoms with van der Waals surface area (Å²) < 4.78 is 19.5. The van der Waals surface area contributed by atoms with Gasteiger partial charge in [0.15, 0.2) is 0 Å². The summed E-state index contributed by atoms with van der Waals surface area (Å²) in [4.78, 5) is 4.97. The number of aromatic nitrogens is 1. The minimum atomic E-state index is -2.53. The molecule has 0 saturated carbocycles. The van der Waals surface area contributed by atoms with Crippen molar-refractivity contribution in [2.75, 3.05) is 5.75 Å². The van der Waals surface area contributed by atoms with E-state index in [9.17, 15) is 4.21 Å². The van der Waals surface area contributed by atoms with Crippen LogP contribution in [0.2, 0.25) is 0 Å². The third-order valence-corrected chi connectivity index (χ3v) is 4.59. The molecule has 1 N–H and O–H groups in total. The second kappa shape index (κ2) is 3.04. The number of hydrogen-bond acceptors (Lipinski definition) is 3. The highest BCUT2D eigenvalue weighted by molar-refractivity contribution is 7.92. The molecule has 1 atom stereocenters. The Hall–Kier alpha value is -0.900. The van der Waals surface area contributed by atoms with Gasteiger partial charge in [0.25, 0.3) is 0 Å². The predicted octanol–water partition coefficient (Wildman–Crippen LogP) is 2.34. The Morgan fingerprint density at radius 1 is 1.47 bits per heavy atom. The third-order valence-electron chi connectivity index (χ3n) is 2.73. The topological polar surface area (TPSA) is 53.8 Å². The average Bonchev–Trinajstić information content (AvgIpc) is 2.41. The van der Waals surface area contributed by atoms with Gasteiger partial charge in [-0.15, -0.1) is 0 Å². The monoisotopic (exact) mass is 224 g/mol. The Kier molecular flexibility index (Phi) is 2.15. The first-order chi connectivity index (χ1) is 6.81. The van der Waals surface area contributed by atoms with Crippen LogP contribution in [0.1, 0.15) is 32.0 Å². The largest absolute Gasteiger partial charge is 0.259 e. The summed E-state index contributed by atoms with van der Waals surface area (Å²) in [5.41, 5.74) is 2.08.